The fraction of sp³-hybridized carbons (Fsp3) is 0.538. The Bertz CT molecular complexity index is 423. The minimum absolute atomic E-state index is 0.131. The summed E-state index contributed by atoms with van der Waals surface area (Å²) in [6.45, 7) is 5.78. The molecule has 0 saturated carbocycles. The average Bonchev–Trinajstić information content (AvgIpc) is 2.37. The standard InChI is InChI=1S/C13H17F3N2/c1-13(2)8-18(5-3-4-17-13)12-10(15)6-9(14)7-11(12)16/h6-7,17H,3-5,8H2,1-2H3. The molecule has 18 heavy (non-hydrogen) atoms. The van der Waals surface area contributed by atoms with Gasteiger partial charge in [-0.05, 0) is 26.8 Å². The van der Waals surface area contributed by atoms with Gasteiger partial charge >= 0.3 is 0 Å². The minimum atomic E-state index is -0.888. The van der Waals surface area contributed by atoms with Crippen molar-refractivity contribution < 1.29 is 13.2 Å². The SMILES string of the molecule is CC1(C)CN(c2c(F)cc(F)cc2F)CCCN1. The highest BCUT2D eigenvalue weighted by molar-refractivity contribution is 5.50. The van der Waals surface area contributed by atoms with Gasteiger partial charge in [0.25, 0.3) is 0 Å². The van der Waals surface area contributed by atoms with Crippen LogP contribution in [0.5, 0.6) is 0 Å². The molecule has 0 aromatic heterocycles. The number of hydrogen-bond donors (Lipinski definition) is 1. The van der Waals surface area contributed by atoms with Gasteiger partial charge in [0.2, 0.25) is 0 Å². The van der Waals surface area contributed by atoms with Crippen LogP contribution in [0.25, 0.3) is 0 Å². The van der Waals surface area contributed by atoms with Gasteiger partial charge in [0.1, 0.15) is 11.5 Å². The summed E-state index contributed by atoms with van der Waals surface area (Å²) in [5.74, 6) is -2.57. The molecule has 2 nitrogen and oxygen atoms in total. The molecule has 1 N–H and O–H groups in total. The lowest BCUT2D eigenvalue weighted by molar-refractivity contribution is 0.413. The Morgan fingerprint density at radius 2 is 1.78 bits per heavy atom. The summed E-state index contributed by atoms with van der Waals surface area (Å²) >= 11 is 0. The second kappa shape index (κ2) is 4.80. The van der Waals surface area contributed by atoms with E-state index >= 15 is 0 Å². The highest BCUT2D eigenvalue weighted by Crippen LogP contribution is 2.27. The molecule has 0 spiro atoms. The Hall–Kier alpha value is -1.23. The quantitative estimate of drug-likeness (QED) is 0.833. The maximum atomic E-state index is 13.7. The van der Waals surface area contributed by atoms with Crippen LogP contribution < -0.4 is 10.2 Å². The van der Waals surface area contributed by atoms with Crippen molar-refractivity contribution in [2.45, 2.75) is 25.8 Å². The Balaban J connectivity index is 2.35. The second-order valence-electron chi connectivity index (χ2n) is 5.30. The van der Waals surface area contributed by atoms with E-state index in [1.165, 1.54) is 0 Å². The van der Waals surface area contributed by atoms with Crippen molar-refractivity contribution in [2.24, 2.45) is 0 Å². The normalized spacial score (nSPS) is 19.7. The van der Waals surface area contributed by atoms with Crippen molar-refractivity contribution in [2.75, 3.05) is 24.5 Å². The number of rotatable bonds is 1. The lowest BCUT2D eigenvalue weighted by Crippen LogP contribution is -2.46. The molecule has 2 rings (SSSR count). The topological polar surface area (TPSA) is 15.3 Å². The van der Waals surface area contributed by atoms with Crippen LogP contribution in [0.2, 0.25) is 0 Å². The zero-order valence-electron chi connectivity index (χ0n) is 10.6. The van der Waals surface area contributed by atoms with Crippen LogP contribution in [0, 0.1) is 17.5 Å². The number of halogens is 3. The van der Waals surface area contributed by atoms with Crippen molar-refractivity contribution in [3.8, 4) is 0 Å². The van der Waals surface area contributed by atoms with Gasteiger partial charge in [-0.25, -0.2) is 13.2 Å². The largest absolute Gasteiger partial charge is 0.365 e. The van der Waals surface area contributed by atoms with Crippen LogP contribution in [-0.2, 0) is 0 Å². The predicted octanol–water partition coefficient (Wildman–Crippen LogP) is 2.68. The van der Waals surface area contributed by atoms with Gasteiger partial charge in [-0.2, -0.15) is 0 Å². The number of hydrogen-bond acceptors (Lipinski definition) is 2. The van der Waals surface area contributed by atoms with Crippen molar-refractivity contribution in [1.29, 1.82) is 0 Å². The van der Waals surface area contributed by atoms with E-state index in [2.05, 4.69) is 5.32 Å². The van der Waals surface area contributed by atoms with Gasteiger partial charge in [-0.1, -0.05) is 0 Å². The van der Waals surface area contributed by atoms with Crippen molar-refractivity contribution >= 4 is 5.69 Å². The lowest BCUT2D eigenvalue weighted by Gasteiger charge is -2.31. The van der Waals surface area contributed by atoms with Crippen LogP contribution in [0.1, 0.15) is 20.3 Å². The molecule has 1 aliphatic rings. The van der Waals surface area contributed by atoms with E-state index in [4.69, 9.17) is 0 Å². The highest BCUT2D eigenvalue weighted by Gasteiger charge is 2.27. The Kier molecular flexibility index (Phi) is 3.52. The first-order chi connectivity index (χ1) is 8.39. The number of nitrogens with zero attached hydrogens (tertiary/aromatic N) is 1. The molecule has 1 aromatic rings. The Morgan fingerprint density at radius 1 is 1.17 bits per heavy atom. The van der Waals surface area contributed by atoms with E-state index < -0.39 is 17.5 Å². The number of benzene rings is 1. The summed E-state index contributed by atoms with van der Waals surface area (Å²) < 4.78 is 40.4. The fourth-order valence-corrected chi connectivity index (χ4v) is 2.34. The Morgan fingerprint density at radius 3 is 2.39 bits per heavy atom. The van der Waals surface area contributed by atoms with E-state index in [1.54, 1.807) is 4.90 Å². The maximum absolute atomic E-state index is 13.7. The molecule has 5 heteroatoms. The van der Waals surface area contributed by atoms with E-state index in [0.717, 1.165) is 25.1 Å². The fourth-order valence-electron chi connectivity index (χ4n) is 2.34. The third-order valence-corrected chi connectivity index (χ3v) is 3.09. The van der Waals surface area contributed by atoms with E-state index in [9.17, 15) is 13.2 Å². The summed E-state index contributed by atoms with van der Waals surface area (Å²) in [4.78, 5) is 1.64. The van der Waals surface area contributed by atoms with Crippen LogP contribution in [0.15, 0.2) is 12.1 Å². The molecular weight excluding hydrogens is 241 g/mol. The third kappa shape index (κ3) is 2.77. The van der Waals surface area contributed by atoms with Crippen molar-refractivity contribution in [1.82, 2.24) is 5.32 Å². The first-order valence-electron chi connectivity index (χ1n) is 6.03. The first-order valence-corrected chi connectivity index (χ1v) is 6.03. The van der Waals surface area contributed by atoms with Crippen LogP contribution in [0.3, 0.4) is 0 Å². The van der Waals surface area contributed by atoms with Gasteiger partial charge < -0.3 is 10.2 Å². The summed E-state index contributed by atoms with van der Waals surface area (Å²) in [6, 6.07) is 1.45. The molecule has 0 bridgehead atoms. The van der Waals surface area contributed by atoms with E-state index in [-0.39, 0.29) is 11.2 Å². The van der Waals surface area contributed by atoms with Gasteiger partial charge in [0.05, 0.1) is 0 Å². The highest BCUT2D eigenvalue weighted by atomic mass is 19.1. The molecule has 0 radical (unpaired) electrons. The summed E-state index contributed by atoms with van der Waals surface area (Å²) in [5.41, 5.74) is -0.364. The predicted molar refractivity (Wildman–Crippen MR) is 65.2 cm³/mol. The molecule has 1 aromatic carbocycles. The van der Waals surface area contributed by atoms with Crippen LogP contribution in [-0.4, -0.2) is 25.2 Å². The van der Waals surface area contributed by atoms with Gasteiger partial charge in [0.15, 0.2) is 11.6 Å². The van der Waals surface area contributed by atoms with Gasteiger partial charge in [-0.15, -0.1) is 0 Å². The minimum Gasteiger partial charge on any atom is -0.365 e. The van der Waals surface area contributed by atoms with Crippen LogP contribution in [0.4, 0.5) is 18.9 Å². The molecular formula is C13H17F3N2. The molecule has 1 fully saturated rings. The summed E-state index contributed by atoms with van der Waals surface area (Å²) in [5, 5.41) is 3.31. The first kappa shape index (κ1) is 13.2. The molecule has 1 saturated heterocycles. The second-order valence-corrected chi connectivity index (χ2v) is 5.30. The summed E-state index contributed by atoms with van der Waals surface area (Å²) in [7, 11) is 0. The molecule has 0 atom stereocenters. The smallest absolute Gasteiger partial charge is 0.152 e. The van der Waals surface area contributed by atoms with Gasteiger partial charge in [0, 0.05) is 30.8 Å². The molecule has 0 unspecified atom stereocenters. The molecule has 1 aliphatic heterocycles. The zero-order valence-corrected chi connectivity index (χ0v) is 10.6. The monoisotopic (exact) mass is 258 g/mol. The third-order valence-electron chi connectivity index (χ3n) is 3.09. The van der Waals surface area contributed by atoms with E-state index in [0.29, 0.717) is 13.1 Å². The molecule has 100 valence electrons. The average molecular weight is 258 g/mol. The van der Waals surface area contributed by atoms with Crippen LogP contribution >= 0.6 is 0 Å². The zero-order chi connectivity index (χ0) is 13.3. The number of nitrogens with one attached hydrogen (secondary N) is 1. The lowest BCUT2D eigenvalue weighted by atomic mass is 10.1. The number of anilines is 1. The van der Waals surface area contributed by atoms with Crippen molar-refractivity contribution in [3.63, 3.8) is 0 Å². The van der Waals surface area contributed by atoms with Crippen molar-refractivity contribution in [3.05, 3.63) is 29.6 Å². The molecule has 0 aliphatic carbocycles. The van der Waals surface area contributed by atoms with Gasteiger partial charge in [-0.3, -0.25) is 0 Å². The Labute approximate surface area is 105 Å². The maximum Gasteiger partial charge on any atom is 0.152 e. The van der Waals surface area contributed by atoms with E-state index in [1.807, 2.05) is 13.8 Å². The molecule has 1 heterocycles. The summed E-state index contributed by atoms with van der Waals surface area (Å²) in [6.07, 6.45) is 0.791. The molecule has 0 amide bonds.